The molecule has 0 unspecified atom stereocenters. The third-order valence-electron chi connectivity index (χ3n) is 3.83. The van der Waals surface area contributed by atoms with Crippen molar-refractivity contribution in [2.24, 2.45) is 0 Å². The van der Waals surface area contributed by atoms with Crippen molar-refractivity contribution in [2.45, 2.75) is 19.9 Å². The van der Waals surface area contributed by atoms with Gasteiger partial charge in [-0.15, -0.1) is 0 Å². The van der Waals surface area contributed by atoms with E-state index in [0.717, 1.165) is 47.9 Å². The quantitative estimate of drug-likeness (QED) is 0.624. The number of rotatable bonds is 8. The Labute approximate surface area is 142 Å². The minimum absolute atomic E-state index is 0.624. The molecule has 0 aliphatic heterocycles. The van der Waals surface area contributed by atoms with Crippen LogP contribution in [0.3, 0.4) is 0 Å². The number of imidazole rings is 1. The minimum atomic E-state index is 0.624. The second kappa shape index (κ2) is 7.84. The molecular formula is C19H23N3O2. The summed E-state index contributed by atoms with van der Waals surface area (Å²) < 4.78 is 10.9. The molecule has 0 saturated heterocycles. The van der Waals surface area contributed by atoms with Crippen LogP contribution >= 0.6 is 0 Å². The second-order valence-corrected chi connectivity index (χ2v) is 5.55. The van der Waals surface area contributed by atoms with Crippen LogP contribution in [0.25, 0.3) is 11.0 Å². The number of fused-ring (bicyclic) bond motifs is 1. The fourth-order valence-corrected chi connectivity index (χ4v) is 2.66. The van der Waals surface area contributed by atoms with Gasteiger partial charge in [0, 0.05) is 19.5 Å². The van der Waals surface area contributed by atoms with Crippen molar-refractivity contribution in [3.05, 3.63) is 53.9 Å². The summed E-state index contributed by atoms with van der Waals surface area (Å²) in [6.07, 6.45) is 0.864. The number of ether oxygens (including phenoxy) is 2. The summed E-state index contributed by atoms with van der Waals surface area (Å²) in [5.41, 5.74) is 3.27. The van der Waals surface area contributed by atoms with Crippen molar-refractivity contribution in [2.75, 3.05) is 20.3 Å². The van der Waals surface area contributed by atoms with Gasteiger partial charge in [0.15, 0.2) is 11.5 Å². The Balaban J connectivity index is 1.53. The highest BCUT2D eigenvalue weighted by Crippen LogP contribution is 2.27. The Morgan fingerprint density at radius 1 is 1.12 bits per heavy atom. The fraction of sp³-hybridized carbons (Fsp3) is 0.316. The van der Waals surface area contributed by atoms with Gasteiger partial charge in [-0.25, -0.2) is 4.98 Å². The van der Waals surface area contributed by atoms with E-state index < -0.39 is 0 Å². The van der Waals surface area contributed by atoms with Gasteiger partial charge in [-0.1, -0.05) is 18.2 Å². The molecule has 1 aromatic heterocycles. The predicted octanol–water partition coefficient (Wildman–Crippen LogP) is 3.30. The van der Waals surface area contributed by atoms with Crippen molar-refractivity contribution in [1.82, 2.24) is 15.3 Å². The lowest BCUT2D eigenvalue weighted by Crippen LogP contribution is -2.17. The third-order valence-corrected chi connectivity index (χ3v) is 3.83. The van der Waals surface area contributed by atoms with Crippen LogP contribution in [0.5, 0.6) is 11.5 Å². The van der Waals surface area contributed by atoms with Gasteiger partial charge < -0.3 is 19.8 Å². The highest BCUT2D eigenvalue weighted by Gasteiger charge is 2.06. The first-order valence-electron chi connectivity index (χ1n) is 8.24. The van der Waals surface area contributed by atoms with E-state index in [-0.39, 0.29) is 0 Å². The van der Waals surface area contributed by atoms with E-state index in [1.165, 1.54) is 5.56 Å². The largest absolute Gasteiger partial charge is 0.493 e. The number of aromatic amines is 1. The number of hydrogen-bond acceptors (Lipinski definition) is 4. The van der Waals surface area contributed by atoms with Crippen LogP contribution in [0.15, 0.2) is 42.5 Å². The first-order chi connectivity index (χ1) is 11.8. The van der Waals surface area contributed by atoms with Gasteiger partial charge in [0.1, 0.15) is 5.82 Å². The van der Waals surface area contributed by atoms with E-state index in [9.17, 15) is 0 Å². The molecule has 5 nitrogen and oxygen atoms in total. The highest BCUT2D eigenvalue weighted by molar-refractivity contribution is 5.74. The molecule has 3 aromatic rings. The zero-order valence-electron chi connectivity index (χ0n) is 14.1. The Morgan fingerprint density at radius 3 is 2.79 bits per heavy atom. The summed E-state index contributed by atoms with van der Waals surface area (Å²) in [6.45, 7) is 4.23. The Bertz CT molecular complexity index is 765. The maximum Gasteiger partial charge on any atom is 0.161 e. The SMILES string of the molecule is CCOc1cc(CNCCc2nc3ccccc3[nH]2)ccc1OC. The van der Waals surface area contributed by atoms with Crippen molar-refractivity contribution in [1.29, 1.82) is 0 Å². The van der Waals surface area contributed by atoms with Crippen LogP contribution in [0.2, 0.25) is 0 Å². The number of methoxy groups -OCH3 is 1. The summed E-state index contributed by atoms with van der Waals surface area (Å²) in [6, 6.07) is 14.1. The molecule has 0 radical (unpaired) electrons. The number of aromatic nitrogens is 2. The molecule has 0 aliphatic rings. The monoisotopic (exact) mass is 325 g/mol. The Kier molecular flexibility index (Phi) is 5.33. The lowest BCUT2D eigenvalue weighted by Gasteiger charge is -2.11. The van der Waals surface area contributed by atoms with Crippen LogP contribution in [0.1, 0.15) is 18.3 Å². The molecule has 126 valence electrons. The van der Waals surface area contributed by atoms with E-state index in [0.29, 0.717) is 6.61 Å². The molecule has 0 fully saturated rings. The van der Waals surface area contributed by atoms with E-state index in [4.69, 9.17) is 9.47 Å². The number of para-hydroxylation sites is 2. The molecule has 5 heteroatoms. The fourth-order valence-electron chi connectivity index (χ4n) is 2.66. The van der Waals surface area contributed by atoms with Crippen LogP contribution in [-0.4, -0.2) is 30.2 Å². The molecule has 2 N–H and O–H groups in total. The second-order valence-electron chi connectivity index (χ2n) is 5.55. The van der Waals surface area contributed by atoms with Gasteiger partial charge in [0.05, 0.1) is 24.8 Å². The van der Waals surface area contributed by atoms with Gasteiger partial charge in [-0.3, -0.25) is 0 Å². The van der Waals surface area contributed by atoms with Crippen molar-refractivity contribution < 1.29 is 9.47 Å². The summed E-state index contributed by atoms with van der Waals surface area (Å²) in [5.74, 6) is 2.56. The summed E-state index contributed by atoms with van der Waals surface area (Å²) >= 11 is 0. The topological polar surface area (TPSA) is 59.2 Å². The summed E-state index contributed by atoms with van der Waals surface area (Å²) in [7, 11) is 1.66. The van der Waals surface area contributed by atoms with E-state index in [1.54, 1.807) is 7.11 Å². The molecule has 0 amide bonds. The molecule has 0 spiro atoms. The lowest BCUT2D eigenvalue weighted by molar-refractivity contribution is 0.310. The highest BCUT2D eigenvalue weighted by atomic mass is 16.5. The average Bonchev–Trinajstić information content (AvgIpc) is 3.02. The van der Waals surface area contributed by atoms with E-state index >= 15 is 0 Å². The van der Waals surface area contributed by atoms with Gasteiger partial charge in [-0.2, -0.15) is 0 Å². The smallest absolute Gasteiger partial charge is 0.161 e. The number of H-pyrrole nitrogens is 1. The van der Waals surface area contributed by atoms with Gasteiger partial charge in [-0.05, 0) is 36.8 Å². The Hall–Kier alpha value is -2.53. The van der Waals surface area contributed by atoms with Crippen LogP contribution in [0.4, 0.5) is 0 Å². The summed E-state index contributed by atoms with van der Waals surface area (Å²) in [5, 5.41) is 3.44. The number of nitrogens with one attached hydrogen (secondary N) is 2. The molecule has 0 aliphatic carbocycles. The van der Waals surface area contributed by atoms with E-state index in [1.807, 2.05) is 43.3 Å². The van der Waals surface area contributed by atoms with Crippen molar-refractivity contribution >= 4 is 11.0 Å². The zero-order valence-corrected chi connectivity index (χ0v) is 14.1. The van der Waals surface area contributed by atoms with Gasteiger partial charge >= 0.3 is 0 Å². The third kappa shape index (κ3) is 3.86. The lowest BCUT2D eigenvalue weighted by atomic mass is 10.2. The summed E-state index contributed by atoms with van der Waals surface area (Å²) in [4.78, 5) is 7.93. The normalized spacial score (nSPS) is 10.9. The van der Waals surface area contributed by atoms with Crippen LogP contribution in [-0.2, 0) is 13.0 Å². The van der Waals surface area contributed by atoms with Crippen LogP contribution < -0.4 is 14.8 Å². The maximum atomic E-state index is 5.61. The average molecular weight is 325 g/mol. The first-order valence-corrected chi connectivity index (χ1v) is 8.24. The maximum absolute atomic E-state index is 5.61. The van der Waals surface area contributed by atoms with Crippen molar-refractivity contribution in [3.63, 3.8) is 0 Å². The molecule has 1 heterocycles. The molecule has 0 atom stereocenters. The predicted molar refractivity (Wildman–Crippen MR) is 95.7 cm³/mol. The zero-order chi connectivity index (χ0) is 16.8. The van der Waals surface area contributed by atoms with E-state index in [2.05, 4.69) is 21.4 Å². The first kappa shape index (κ1) is 16.3. The molecule has 3 rings (SSSR count). The standard InChI is InChI=1S/C19H23N3O2/c1-3-24-18-12-14(8-9-17(18)23-2)13-20-11-10-19-21-15-6-4-5-7-16(15)22-19/h4-9,12,20H,3,10-11,13H2,1-2H3,(H,21,22). The van der Waals surface area contributed by atoms with Gasteiger partial charge in [0.2, 0.25) is 0 Å². The van der Waals surface area contributed by atoms with Gasteiger partial charge in [0.25, 0.3) is 0 Å². The minimum Gasteiger partial charge on any atom is -0.493 e. The van der Waals surface area contributed by atoms with Crippen LogP contribution in [0, 0.1) is 0 Å². The number of nitrogens with zero attached hydrogens (tertiary/aromatic N) is 1. The molecule has 2 aromatic carbocycles. The number of hydrogen-bond donors (Lipinski definition) is 2. The Morgan fingerprint density at radius 2 is 2.00 bits per heavy atom. The molecule has 0 saturated carbocycles. The molecule has 0 bridgehead atoms. The van der Waals surface area contributed by atoms with Crippen molar-refractivity contribution in [3.8, 4) is 11.5 Å². The molecular weight excluding hydrogens is 302 g/mol. The number of benzene rings is 2. The molecule has 24 heavy (non-hydrogen) atoms.